The first-order valence-corrected chi connectivity index (χ1v) is 6.00. The van der Waals surface area contributed by atoms with Crippen molar-refractivity contribution < 1.29 is 19.5 Å². The normalized spacial score (nSPS) is 12.4. The van der Waals surface area contributed by atoms with Crippen LogP contribution in [0.4, 0.5) is 0 Å². The molecule has 0 heterocycles. The number of nitrogens with one attached hydrogen (secondary N) is 1. The molecule has 0 aliphatic rings. The third-order valence-corrected chi connectivity index (χ3v) is 2.36. The monoisotopic (exact) mass is 259 g/mol. The minimum Gasteiger partial charge on any atom is -0.480 e. The molecule has 0 saturated heterocycles. The fourth-order valence-corrected chi connectivity index (χ4v) is 1.40. The van der Waals surface area contributed by atoms with E-state index in [2.05, 4.69) is 15.3 Å². The number of carboxylic acids is 1. The summed E-state index contributed by atoms with van der Waals surface area (Å²) in [6.45, 7) is 0. The number of thioether (sulfide) groups is 1. The second kappa shape index (κ2) is 8.41. The molecule has 0 aromatic heterocycles. The summed E-state index contributed by atoms with van der Waals surface area (Å²) in [5.74, 6) is -1.43. The van der Waals surface area contributed by atoms with Gasteiger partial charge in [0.05, 0.1) is 0 Å². The van der Waals surface area contributed by atoms with Crippen molar-refractivity contribution in [2.24, 2.45) is 5.16 Å². The maximum atomic E-state index is 11.4. The number of carbonyl (C=O) groups excluding carboxylic acids is 1. The Balaban J connectivity index is 4.55. The van der Waals surface area contributed by atoms with Crippen LogP contribution in [0.25, 0.3) is 0 Å². The predicted molar refractivity (Wildman–Crippen MR) is 62.6 cm³/mol. The van der Waals surface area contributed by atoms with Crippen molar-refractivity contribution in [1.29, 1.82) is 5.26 Å². The zero-order valence-electron chi connectivity index (χ0n) is 9.47. The van der Waals surface area contributed by atoms with E-state index in [0.29, 0.717) is 5.75 Å². The summed E-state index contributed by atoms with van der Waals surface area (Å²) in [6.07, 6.45) is 2.10. The van der Waals surface area contributed by atoms with Gasteiger partial charge in [0.1, 0.15) is 19.2 Å². The van der Waals surface area contributed by atoms with Crippen LogP contribution in [0.3, 0.4) is 0 Å². The second-order valence-electron chi connectivity index (χ2n) is 2.88. The first-order valence-electron chi connectivity index (χ1n) is 4.60. The number of amides is 1. The standard InChI is InChI=1S/C9H13N3O4S/c1-16-12-7(5-10)8(13)11-6(9(14)15)3-4-17-2/h6H,3-4H2,1-2H3,(H,11,13)(H,14,15)/b12-7+/t6-/m0/s1. The lowest BCUT2D eigenvalue weighted by Gasteiger charge is -2.12. The van der Waals surface area contributed by atoms with Crippen LogP contribution in [0.5, 0.6) is 0 Å². The summed E-state index contributed by atoms with van der Waals surface area (Å²) in [5, 5.41) is 22.8. The van der Waals surface area contributed by atoms with Crippen LogP contribution in [0.1, 0.15) is 6.42 Å². The average Bonchev–Trinajstić information content (AvgIpc) is 2.30. The Kier molecular flexibility index (Phi) is 7.54. The van der Waals surface area contributed by atoms with Gasteiger partial charge in [-0.3, -0.25) is 4.79 Å². The highest BCUT2D eigenvalue weighted by molar-refractivity contribution is 7.98. The fraction of sp³-hybridized carbons (Fsp3) is 0.556. The lowest BCUT2D eigenvalue weighted by Crippen LogP contribution is -2.44. The van der Waals surface area contributed by atoms with E-state index in [1.54, 1.807) is 0 Å². The fourth-order valence-electron chi connectivity index (χ4n) is 0.924. The Hall–Kier alpha value is -1.75. The molecule has 8 heteroatoms. The molecule has 7 nitrogen and oxygen atoms in total. The Labute approximate surface area is 103 Å². The molecule has 0 rings (SSSR count). The third-order valence-electron chi connectivity index (χ3n) is 1.72. The molecule has 17 heavy (non-hydrogen) atoms. The quantitative estimate of drug-likeness (QED) is 0.485. The van der Waals surface area contributed by atoms with E-state index < -0.39 is 23.6 Å². The molecule has 94 valence electrons. The van der Waals surface area contributed by atoms with Crippen molar-refractivity contribution in [3.63, 3.8) is 0 Å². The number of carbonyl (C=O) groups is 2. The number of aliphatic carboxylic acids is 1. The van der Waals surface area contributed by atoms with Gasteiger partial charge in [-0.05, 0) is 18.4 Å². The van der Waals surface area contributed by atoms with Gasteiger partial charge in [0, 0.05) is 0 Å². The van der Waals surface area contributed by atoms with Crippen molar-refractivity contribution in [1.82, 2.24) is 5.32 Å². The van der Waals surface area contributed by atoms with Gasteiger partial charge in [0.25, 0.3) is 5.91 Å². The van der Waals surface area contributed by atoms with E-state index in [4.69, 9.17) is 10.4 Å². The molecule has 0 fully saturated rings. The summed E-state index contributed by atoms with van der Waals surface area (Å²) >= 11 is 1.46. The Morgan fingerprint density at radius 2 is 2.29 bits per heavy atom. The van der Waals surface area contributed by atoms with E-state index in [9.17, 15) is 9.59 Å². The van der Waals surface area contributed by atoms with Crippen LogP contribution in [-0.4, -0.2) is 47.9 Å². The van der Waals surface area contributed by atoms with Crippen LogP contribution >= 0.6 is 11.8 Å². The van der Waals surface area contributed by atoms with Gasteiger partial charge in [0.15, 0.2) is 0 Å². The van der Waals surface area contributed by atoms with Crippen molar-refractivity contribution in [2.75, 3.05) is 19.1 Å². The van der Waals surface area contributed by atoms with E-state index in [0.717, 1.165) is 0 Å². The number of hydrogen-bond donors (Lipinski definition) is 2. The smallest absolute Gasteiger partial charge is 0.326 e. The molecular weight excluding hydrogens is 246 g/mol. The van der Waals surface area contributed by atoms with Crippen molar-refractivity contribution in [3.8, 4) is 6.07 Å². The number of carboxylic acid groups (broad SMARTS) is 1. The third kappa shape index (κ3) is 5.77. The van der Waals surface area contributed by atoms with E-state index >= 15 is 0 Å². The highest BCUT2D eigenvalue weighted by Gasteiger charge is 2.22. The van der Waals surface area contributed by atoms with Gasteiger partial charge in [-0.1, -0.05) is 5.16 Å². The molecule has 0 spiro atoms. The highest BCUT2D eigenvalue weighted by atomic mass is 32.2. The molecule has 1 amide bonds. The molecule has 0 bridgehead atoms. The molecule has 0 aromatic rings. The van der Waals surface area contributed by atoms with Gasteiger partial charge >= 0.3 is 5.97 Å². The molecule has 2 N–H and O–H groups in total. The maximum Gasteiger partial charge on any atom is 0.326 e. The van der Waals surface area contributed by atoms with Crippen molar-refractivity contribution >= 4 is 29.4 Å². The molecule has 0 aliphatic heterocycles. The van der Waals surface area contributed by atoms with Crippen molar-refractivity contribution in [3.05, 3.63) is 0 Å². The molecule has 0 aromatic carbocycles. The van der Waals surface area contributed by atoms with Crippen LogP contribution in [0.15, 0.2) is 5.16 Å². The SMILES string of the molecule is CO/N=C(\C#N)C(=O)N[C@@H](CCSC)C(=O)O. The average molecular weight is 259 g/mol. The molecule has 0 unspecified atom stereocenters. The molecule has 0 radical (unpaired) electrons. The molecular formula is C9H13N3O4S. The van der Waals surface area contributed by atoms with Crippen molar-refractivity contribution in [2.45, 2.75) is 12.5 Å². The van der Waals surface area contributed by atoms with Gasteiger partial charge in [0.2, 0.25) is 5.71 Å². The van der Waals surface area contributed by atoms with Crippen LogP contribution in [-0.2, 0) is 14.4 Å². The lowest BCUT2D eigenvalue weighted by molar-refractivity contribution is -0.141. The van der Waals surface area contributed by atoms with Crippen LogP contribution in [0, 0.1) is 11.3 Å². The largest absolute Gasteiger partial charge is 0.480 e. The Morgan fingerprint density at radius 1 is 1.65 bits per heavy atom. The number of nitrogens with zero attached hydrogens (tertiary/aromatic N) is 2. The number of nitriles is 1. The molecule has 0 saturated carbocycles. The highest BCUT2D eigenvalue weighted by Crippen LogP contribution is 2.01. The summed E-state index contributed by atoms with van der Waals surface area (Å²) in [6, 6.07) is 0.481. The first kappa shape index (κ1) is 15.2. The summed E-state index contributed by atoms with van der Waals surface area (Å²) in [4.78, 5) is 26.6. The lowest BCUT2D eigenvalue weighted by atomic mass is 10.2. The maximum absolute atomic E-state index is 11.4. The Bertz CT molecular complexity index is 351. The van der Waals surface area contributed by atoms with Gasteiger partial charge < -0.3 is 15.3 Å². The van der Waals surface area contributed by atoms with E-state index in [1.807, 2.05) is 6.26 Å². The minimum atomic E-state index is -1.15. The first-order chi connectivity index (χ1) is 8.06. The number of hydrogen-bond acceptors (Lipinski definition) is 6. The molecule has 0 aliphatic carbocycles. The van der Waals surface area contributed by atoms with Gasteiger partial charge in [-0.15, -0.1) is 0 Å². The van der Waals surface area contributed by atoms with E-state index in [-0.39, 0.29) is 6.42 Å². The summed E-state index contributed by atoms with van der Waals surface area (Å²) in [5.41, 5.74) is -0.511. The minimum absolute atomic E-state index is 0.272. The topological polar surface area (TPSA) is 112 Å². The van der Waals surface area contributed by atoms with Crippen LogP contribution < -0.4 is 5.32 Å². The zero-order chi connectivity index (χ0) is 13.3. The molecule has 1 atom stereocenters. The summed E-state index contributed by atoms with van der Waals surface area (Å²) < 4.78 is 0. The van der Waals surface area contributed by atoms with Gasteiger partial charge in [-0.25, -0.2) is 4.79 Å². The zero-order valence-corrected chi connectivity index (χ0v) is 10.3. The summed E-state index contributed by atoms with van der Waals surface area (Å²) in [7, 11) is 1.19. The van der Waals surface area contributed by atoms with Gasteiger partial charge in [-0.2, -0.15) is 17.0 Å². The van der Waals surface area contributed by atoms with E-state index in [1.165, 1.54) is 24.9 Å². The number of oxime groups is 1. The number of rotatable bonds is 7. The second-order valence-corrected chi connectivity index (χ2v) is 3.87. The van der Waals surface area contributed by atoms with Crippen LogP contribution in [0.2, 0.25) is 0 Å². The predicted octanol–water partition coefficient (Wildman–Crippen LogP) is -0.165. The Morgan fingerprint density at radius 3 is 2.71 bits per heavy atom.